The quantitative estimate of drug-likeness (QED) is 0.846. The average molecular weight is 242 g/mol. The van der Waals surface area contributed by atoms with Crippen molar-refractivity contribution in [3.05, 3.63) is 17.4 Å². The predicted molar refractivity (Wildman–Crippen MR) is 63.4 cm³/mol. The number of hydrogen-bond donors (Lipinski definition) is 2. The molecule has 1 aromatic rings. The number of nitrogens with zero attached hydrogens (tertiary/aromatic N) is 2. The fourth-order valence-corrected chi connectivity index (χ4v) is 2.35. The molecule has 16 heavy (non-hydrogen) atoms. The van der Waals surface area contributed by atoms with E-state index in [4.69, 9.17) is 11.6 Å². The van der Waals surface area contributed by atoms with Crippen molar-refractivity contribution in [3.8, 4) is 0 Å². The molecule has 0 aromatic carbocycles. The molecule has 2 atom stereocenters. The molecule has 1 aliphatic rings. The number of anilines is 1. The predicted octanol–water partition coefficient (Wildman–Crippen LogP) is 1.95. The summed E-state index contributed by atoms with van der Waals surface area (Å²) in [5.74, 6) is 1.57. The second-order valence-corrected chi connectivity index (χ2v) is 4.68. The normalized spacial score (nSPS) is 24.6. The van der Waals surface area contributed by atoms with Crippen molar-refractivity contribution in [3.63, 3.8) is 0 Å². The van der Waals surface area contributed by atoms with Crippen molar-refractivity contribution in [1.29, 1.82) is 0 Å². The molecule has 0 spiro atoms. The summed E-state index contributed by atoms with van der Waals surface area (Å²) in [4.78, 5) is 8.15. The molecule has 2 N–H and O–H groups in total. The van der Waals surface area contributed by atoms with Gasteiger partial charge in [-0.15, -0.1) is 0 Å². The third-order valence-electron chi connectivity index (χ3n) is 3.19. The molecule has 88 valence electrons. The molecule has 4 nitrogen and oxygen atoms in total. The topological polar surface area (TPSA) is 58.0 Å². The van der Waals surface area contributed by atoms with E-state index in [9.17, 15) is 5.11 Å². The molecule has 1 heterocycles. The highest BCUT2D eigenvalue weighted by Gasteiger charge is 2.26. The summed E-state index contributed by atoms with van der Waals surface area (Å²) in [7, 11) is 0. The Morgan fingerprint density at radius 1 is 1.31 bits per heavy atom. The number of aromatic nitrogens is 2. The molecule has 1 aromatic heterocycles. The number of aliphatic hydroxyl groups excluding tert-OH is 1. The largest absolute Gasteiger partial charge is 0.396 e. The van der Waals surface area contributed by atoms with Gasteiger partial charge in [-0.1, -0.05) is 18.0 Å². The molecule has 0 saturated heterocycles. The number of aliphatic hydroxyl groups is 1. The minimum absolute atomic E-state index is 0.286. The highest BCUT2D eigenvalue weighted by Crippen LogP contribution is 2.31. The molecule has 2 rings (SSSR count). The van der Waals surface area contributed by atoms with E-state index in [1.807, 2.05) is 0 Å². The molecule has 1 saturated carbocycles. The molecule has 1 fully saturated rings. The smallest absolute Gasteiger partial charge is 0.222 e. The molecule has 1 aliphatic carbocycles. The summed E-state index contributed by atoms with van der Waals surface area (Å²) in [6.07, 6.45) is 6.67. The summed E-state index contributed by atoms with van der Waals surface area (Å²) in [5, 5.41) is 12.9. The van der Waals surface area contributed by atoms with Gasteiger partial charge in [-0.3, -0.25) is 0 Å². The van der Waals surface area contributed by atoms with Crippen LogP contribution in [0.1, 0.15) is 19.3 Å². The minimum atomic E-state index is 0.286. The maximum atomic E-state index is 9.19. The lowest BCUT2D eigenvalue weighted by Crippen LogP contribution is -2.21. The van der Waals surface area contributed by atoms with Crippen LogP contribution in [0.4, 0.5) is 5.95 Å². The van der Waals surface area contributed by atoms with Crippen molar-refractivity contribution in [1.82, 2.24) is 9.97 Å². The van der Waals surface area contributed by atoms with Crippen molar-refractivity contribution in [2.75, 3.05) is 18.5 Å². The Labute approximate surface area is 100 Å². The second-order valence-electron chi connectivity index (χ2n) is 4.24. The number of rotatable bonds is 4. The van der Waals surface area contributed by atoms with Crippen molar-refractivity contribution < 1.29 is 5.11 Å². The summed E-state index contributed by atoms with van der Waals surface area (Å²) in [5.41, 5.74) is 0. The molecule has 0 bridgehead atoms. The van der Waals surface area contributed by atoms with Crippen molar-refractivity contribution in [2.45, 2.75) is 19.3 Å². The zero-order chi connectivity index (χ0) is 11.4. The molecule has 5 heteroatoms. The average Bonchev–Trinajstić information content (AvgIpc) is 2.76. The van der Waals surface area contributed by atoms with Crippen LogP contribution in [0.5, 0.6) is 0 Å². The van der Waals surface area contributed by atoms with Crippen LogP contribution >= 0.6 is 11.6 Å². The SMILES string of the molecule is OCC1CCCC1CNc1ncc(Cl)cn1. The lowest BCUT2D eigenvalue weighted by Gasteiger charge is -2.17. The molecule has 0 amide bonds. The number of nitrogens with one attached hydrogen (secondary N) is 1. The van der Waals surface area contributed by atoms with Gasteiger partial charge in [-0.25, -0.2) is 9.97 Å². The van der Waals surface area contributed by atoms with E-state index in [1.165, 1.54) is 12.8 Å². The Balaban J connectivity index is 1.85. The number of hydrogen-bond acceptors (Lipinski definition) is 4. The Morgan fingerprint density at radius 3 is 2.69 bits per heavy atom. The van der Waals surface area contributed by atoms with Crippen molar-refractivity contribution in [2.24, 2.45) is 11.8 Å². The Hall–Kier alpha value is -0.870. The van der Waals surface area contributed by atoms with Crippen LogP contribution in [-0.4, -0.2) is 28.2 Å². The van der Waals surface area contributed by atoms with Gasteiger partial charge < -0.3 is 10.4 Å². The van der Waals surface area contributed by atoms with Gasteiger partial charge in [0, 0.05) is 13.2 Å². The Bertz CT molecular complexity index is 331. The van der Waals surface area contributed by atoms with Crippen LogP contribution in [0, 0.1) is 11.8 Å². The van der Waals surface area contributed by atoms with E-state index in [0.717, 1.165) is 13.0 Å². The van der Waals surface area contributed by atoms with Gasteiger partial charge in [0.15, 0.2) is 0 Å². The van der Waals surface area contributed by atoms with E-state index >= 15 is 0 Å². The van der Waals surface area contributed by atoms with Gasteiger partial charge in [0.1, 0.15) is 0 Å². The van der Waals surface area contributed by atoms with E-state index in [-0.39, 0.29) is 6.61 Å². The van der Waals surface area contributed by atoms with E-state index in [0.29, 0.717) is 22.8 Å². The maximum absolute atomic E-state index is 9.19. The zero-order valence-corrected chi connectivity index (χ0v) is 9.82. The van der Waals surface area contributed by atoms with Gasteiger partial charge in [-0.05, 0) is 24.7 Å². The fourth-order valence-electron chi connectivity index (χ4n) is 2.25. The van der Waals surface area contributed by atoms with Gasteiger partial charge in [-0.2, -0.15) is 0 Å². The first-order valence-corrected chi connectivity index (χ1v) is 5.99. The molecular formula is C11H16ClN3O. The van der Waals surface area contributed by atoms with Gasteiger partial charge in [0.05, 0.1) is 17.4 Å². The Kier molecular flexibility index (Phi) is 3.96. The maximum Gasteiger partial charge on any atom is 0.222 e. The van der Waals surface area contributed by atoms with E-state index < -0.39 is 0 Å². The standard InChI is InChI=1S/C11H16ClN3O/c12-10-5-14-11(15-6-10)13-4-8-2-1-3-9(8)7-16/h5-6,8-9,16H,1-4,7H2,(H,13,14,15). The highest BCUT2D eigenvalue weighted by molar-refractivity contribution is 6.30. The minimum Gasteiger partial charge on any atom is -0.396 e. The van der Waals surface area contributed by atoms with Gasteiger partial charge in [0.25, 0.3) is 0 Å². The number of halogens is 1. The fraction of sp³-hybridized carbons (Fsp3) is 0.636. The summed E-state index contributed by atoms with van der Waals surface area (Å²) < 4.78 is 0. The summed E-state index contributed by atoms with van der Waals surface area (Å²) in [6, 6.07) is 0. The highest BCUT2D eigenvalue weighted by atomic mass is 35.5. The first kappa shape index (κ1) is 11.6. The lowest BCUT2D eigenvalue weighted by molar-refractivity contribution is 0.199. The van der Waals surface area contributed by atoms with E-state index in [2.05, 4.69) is 15.3 Å². The van der Waals surface area contributed by atoms with Gasteiger partial charge in [0.2, 0.25) is 5.95 Å². The molecule has 2 unspecified atom stereocenters. The van der Waals surface area contributed by atoms with Crippen molar-refractivity contribution >= 4 is 17.5 Å². The van der Waals surface area contributed by atoms with Crippen LogP contribution in [0.25, 0.3) is 0 Å². The monoisotopic (exact) mass is 241 g/mol. The second kappa shape index (κ2) is 5.46. The summed E-state index contributed by atoms with van der Waals surface area (Å²) in [6.45, 7) is 1.11. The third-order valence-corrected chi connectivity index (χ3v) is 3.39. The van der Waals surface area contributed by atoms with Crippen LogP contribution in [0.2, 0.25) is 5.02 Å². The molecular weight excluding hydrogens is 226 g/mol. The molecule has 0 aliphatic heterocycles. The van der Waals surface area contributed by atoms with Gasteiger partial charge >= 0.3 is 0 Å². The third kappa shape index (κ3) is 2.83. The summed E-state index contributed by atoms with van der Waals surface area (Å²) >= 11 is 5.70. The van der Waals surface area contributed by atoms with Crippen LogP contribution < -0.4 is 5.32 Å². The van der Waals surface area contributed by atoms with Crippen LogP contribution in [-0.2, 0) is 0 Å². The van der Waals surface area contributed by atoms with Crippen LogP contribution in [0.15, 0.2) is 12.4 Å². The lowest BCUT2D eigenvalue weighted by atomic mass is 9.97. The zero-order valence-electron chi connectivity index (χ0n) is 9.06. The van der Waals surface area contributed by atoms with Crippen LogP contribution in [0.3, 0.4) is 0 Å². The first-order valence-electron chi connectivity index (χ1n) is 5.62. The Morgan fingerprint density at radius 2 is 2.00 bits per heavy atom. The van der Waals surface area contributed by atoms with E-state index in [1.54, 1.807) is 12.4 Å². The first-order chi connectivity index (χ1) is 7.79. The molecule has 0 radical (unpaired) electrons.